The molecule has 2 aromatic carbocycles. The number of fused-ring (bicyclic) bond motifs is 1. The minimum atomic E-state index is 0.453. The lowest BCUT2D eigenvalue weighted by molar-refractivity contribution is 0.984. The molecular formula is C21H19ClN6. The Balaban J connectivity index is 1.76. The fraction of sp³-hybridized carbons (Fsp3) is 0.0952. The number of anilines is 5. The van der Waals surface area contributed by atoms with Gasteiger partial charge in [0.1, 0.15) is 17.8 Å². The van der Waals surface area contributed by atoms with Gasteiger partial charge in [-0.1, -0.05) is 48.0 Å². The molecule has 0 fully saturated rings. The molecule has 0 radical (unpaired) electrons. The summed E-state index contributed by atoms with van der Waals surface area (Å²) in [4.78, 5) is 15.1. The zero-order chi connectivity index (χ0) is 19.5. The summed E-state index contributed by atoms with van der Waals surface area (Å²) in [7, 11) is 0. The molecule has 0 bridgehead atoms. The van der Waals surface area contributed by atoms with Crippen molar-refractivity contribution in [3.8, 4) is 0 Å². The van der Waals surface area contributed by atoms with E-state index >= 15 is 0 Å². The molecule has 140 valence electrons. The number of nitrogens with two attached hydrogens (primary N) is 1. The maximum absolute atomic E-state index is 6.44. The van der Waals surface area contributed by atoms with E-state index < -0.39 is 0 Å². The van der Waals surface area contributed by atoms with Crippen LogP contribution >= 0.6 is 11.6 Å². The van der Waals surface area contributed by atoms with Crippen LogP contribution in [0.3, 0.4) is 0 Å². The van der Waals surface area contributed by atoms with Gasteiger partial charge in [0.25, 0.3) is 0 Å². The summed E-state index contributed by atoms with van der Waals surface area (Å²) in [5.74, 6) is 1.75. The van der Waals surface area contributed by atoms with Crippen molar-refractivity contribution in [1.29, 1.82) is 0 Å². The third kappa shape index (κ3) is 3.42. The van der Waals surface area contributed by atoms with Crippen molar-refractivity contribution < 1.29 is 0 Å². The van der Waals surface area contributed by atoms with Crippen LogP contribution in [0.25, 0.3) is 10.8 Å². The second-order valence-corrected chi connectivity index (χ2v) is 6.63. The first kappa shape index (κ1) is 18.0. The molecule has 3 N–H and O–H groups in total. The molecule has 4 rings (SSSR count). The van der Waals surface area contributed by atoms with Gasteiger partial charge in [0, 0.05) is 18.1 Å². The highest BCUT2D eigenvalue weighted by Crippen LogP contribution is 2.36. The molecular weight excluding hydrogens is 372 g/mol. The van der Waals surface area contributed by atoms with Gasteiger partial charge in [0.2, 0.25) is 0 Å². The highest BCUT2D eigenvalue weighted by atomic mass is 35.5. The van der Waals surface area contributed by atoms with E-state index in [1.807, 2.05) is 18.2 Å². The maximum Gasteiger partial charge on any atom is 0.161 e. The predicted molar refractivity (Wildman–Crippen MR) is 116 cm³/mol. The van der Waals surface area contributed by atoms with Crippen molar-refractivity contribution in [2.24, 2.45) is 0 Å². The fourth-order valence-electron chi connectivity index (χ4n) is 3.15. The standard InChI is InChI=1S/C21H19ClN6/c1-2-28(17-9-5-7-14-6-3-4-8-16(14)17)21-19(23)20(25-13-26-21)27-18-11-10-15(22)12-24-18/h3-13H,2,23H2,1H3,(H,24,25,26,27). The second-order valence-electron chi connectivity index (χ2n) is 6.19. The molecule has 0 unspecified atom stereocenters. The van der Waals surface area contributed by atoms with Gasteiger partial charge in [0.05, 0.1) is 10.7 Å². The molecule has 0 aliphatic carbocycles. The largest absolute Gasteiger partial charge is 0.393 e. The Morgan fingerprint density at radius 3 is 2.61 bits per heavy atom. The lowest BCUT2D eigenvalue weighted by atomic mass is 10.1. The molecule has 6 nitrogen and oxygen atoms in total. The maximum atomic E-state index is 6.44. The Labute approximate surface area is 168 Å². The number of hydrogen-bond donors (Lipinski definition) is 2. The molecule has 0 saturated carbocycles. The first-order chi connectivity index (χ1) is 13.7. The van der Waals surface area contributed by atoms with Gasteiger partial charge in [-0.05, 0) is 30.5 Å². The monoisotopic (exact) mass is 390 g/mol. The summed E-state index contributed by atoms with van der Waals surface area (Å²) < 4.78 is 0. The number of halogens is 1. The van der Waals surface area contributed by atoms with Crippen LogP contribution in [-0.2, 0) is 0 Å². The molecule has 28 heavy (non-hydrogen) atoms. The molecule has 0 aliphatic heterocycles. The number of nitrogens with zero attached hydrogens (tertiary/aromatic N) is 4. The van der Waals surface area contributed by atoms with Crippen molar-refractivity contribution in [3.05, 3.63) is 72.1 Å². The Hall–Kier alpha value is -3.38. The van der Waals surface area contributed by atoms with Crippen molar-refractivity contribution in [2.45, 2.75) is 6.92 Å². The number of nitrogen functional groups attached to an aromatic ring is 1. The van der Waals surface area contributed by atoms with E-state index in [4.69, 9.17) is 17.3 Å². The second kappa shape index (κ2) is 7.70. The smallest absolute Gasteiger partial charge is 0.161 e. The van der Waals surface area contributed by atoms with Gasteiger partial charge in [-0.2, -0.15) is 0 Å². The normalized spacial score (nSPS) is 10.8. The number of rotatable bonds is 5. The average Bonchev–Trinajstić information content (AvgIpc) is 2.73. The lowest BCUT2D eigenvalue weighted by Crippen LogP contribution is -2.20. The van der Waals surface area contributed by atoms with Crippen LogP contribution in [0.5, 0.6) is 0 Å². The summed E-state index contributed by atoms with van der Waals surface area (Å²) in [5.41, 5.74) is 7.93. The number of benzene rings is 2. The summed E-state index contributed by atoms with van der Waals surface area (Å²) in [6.45, 7) is 2.77. The first-order valence-corrected chi connectivity index (χ1v) is 9.29. The summed E-state index contributed by atoms with van der Waals surface area (Å²) in [6, 6.07) is 18.0. The Morgan fingerprint density at radius 1 is 1.00 bits per heavy atom. The molecule has 0 atom stereocenters. The predicted octanol–water partition coefficient (Wildman–Crippen LogP) is 5.16. The number of aromatic nitrogens is 3. The van der Waals surface area contributed by atoms with E-state index in [0.717, 1.165) is 16.5 Å². The van der Waals surface area contributed by atoms with Crippen molar-refractivity contribution >= 4 is 51.2 Å². The Kier molecular flexibility index (Phi) is 4.95. The van der Waals surface area contributed by atoms with Crippen LogP contribution in [0.2, 0.25) is 5.02 Å². The minimum Gasteiger partial charge on any atom is -0.393 e. The van der Waals surface area contributed by atoms with Crippen LogP contribution in [0.4, 0.5) is 28.8 Å². The van der Waals surface area contributed by atoms with Crippen molar-refractivity contribution in [3.63, 3.8) is 0 Å². The van der Waals surface area contributed by atoms with E-state index in [2.05, 4.69) is 56.4 Å². The van der Waals surface area contributed by atoms with Crippen molar-refractivity contribution in [2.75, 3.05) is 22.5 Å². The zero-order valence-electron chi connectivity index (χ0n) is 15.3. The third-order valence-corrected chi connectivity index (χ3v) is 4.69. The first-order valence-electron chi connectivity index (χ1n) is 8.91. The van der Waals surface area contributed by atoms with Gasteiger partial charge >= 0.3 is 0 Å². The van der Waals surface area contributed by atoms with E-state index in [1.54, 1.807) is 18.3 Å². The summed E-state index contributed by atoms with van der Waals surface area (Å²) in [6.07, 6.45) is 3.06. The van der Waals surface area contributed by atoms with Crippen LogP contribution in [0, 0.1) is 0 Å². The molecule has 4 aromatic rings. The van der Waals surface area contributed by atoms with E-state index in [-0.39, 0.29) is 0 Å². The molecule has 2 heterocycles. The molecule has 0 spiro atoms. The van der Waals surface area contributed by atoms with Gasteiger partial charge < -0.3 is 16.0 Å². The average molecular weight is 391 g/mol. The van der Waals surface area contributed by atoms with Crippen LogP contribution in [0.1, 0.15) is 6.92 Å². The van der Waals surface area contributed by atoms with Gasteiger partial charge in [-0.3, -0.25) is 0 Å². The van der Waals surface area contributed by atoms with Crippen LogP contribution in [0.15, 0.2) is 67.1 Å². The van der Waals surface area contributed by atoms with Crippen LogP contribution < -0.4 is 16.0 Å². The molecule has 0 aliphatic rings. The highest BCUT2D eigenvalue weighted by molar-refractivity contribution is 6.30. The summed E-state index contributed by atoms with van der Waals surface area (Å²) in [5, 5.41) is 6.00. The van der Waals surface area contributed by atoms with Gasteiger partial charge in [-0.15, -0.1) is 0 Å². The third-order valence-electron chi connectivity index (χ3n) is 4.47. The summed E-state index contributed by atoms with van der Waals surface area (Å²) >= 11 is 5.90. The highest BCUT2D eigenvalue weighted by Gasteiger charge is 2.17. The van der Waals surface area contributed by atoms with Gasteiger partial charge in [-0.25, -0.2) is 15.0 Å². The fourth-order valence-corrected chi connectivity index (χ4v) is 3.26. The molecule has 0 amide bonds. The topological polar surface area (TPSA) is 80.0 Å². The SMILES string of the molecule is CCN(c1ncnc(Nc2ccc(Cl)cn2)c1N)c1cccc2ccccc12. The Bertz CT molecular complexity index is 1110. The Morgan fingerprint density at radius 2 is 1.82 bits per heavy atom. The number of pyridine rings is 1. The van der Waals surface area contributed by atoms with Crippen LogP contribution in [-0.4, -0.2) is 21.5 Å². The number of hydrogen-bond acceptors (Lipinski definition) is 6. The minimum absolute atomic E-state index is 0.453. The molecule has 7 heteroatoms. The molecule has 0 saturated heterocycles. The number of nitrogens with one attached hydrogen (secondary N) is 1. The van der Waals surface area contributed by atoms with Crippen molar-refractivity contribution in [1.82, 2.24) is 15.0 Å². The lowest BCUT2D eigenvalue weighted by Gasteiger charge is -2.25. The quantitative estimate of drug-likeness (QED) is 0.489. The van der Waals surface area contributed by atoms with E-state index in [9.17, 15) is 0 Å². The van der Waals surface area contributed by atoms with E-state index in [0.29, 0.717) is 34.7 Å². The zero-order valence-corrected chi connectivity index (χ0v) is 16.1. The molecule has 2 aromatic heterocycles. The van der Waals surface area contributed by atoms with E-state index in [1.165, 1.54) is 6.33 Å². The van der Waals surface area contributed by atoms with Gasteiger partial charge in [0.15, 0.2) is 11.6 Å².